The van der Waals surface area contributed by atoms with E-state index in [0.29, 0.717) is 0 Å². The van der Waals surface area contributed by atoms with Crippen LogP contribution in [0.3, 0.4) is 0 Å². The molecule has 0 aliphatic carbocycles. The van der Waals surface area contributed by atoms with Crippen LogP contribution in [0.5, 0.6) is 0 Å². The van der Waals surface area contributed by atoms with Crippen LogP contribution in [0.25, 0.3) is 11.0 Å². The van der Waals surface area contributed by atoms with Crippen LogP contribution in [0.4, 0.5) is 0 Å². The van der Waals surface area contributed by atoms with Crippen molar-refractivity contribution in [1.82, 2.24) is 0 Å². The van der Waals surface area contributed by atoms with Gasteiger partial charge in [0.2, 0.25) is 0 Å². The standard InChI is InChI=1S/C11H9B.Li.H/c1-2-6-10(7-3-1)11-8-4-5-9-12-11;;/h1-9H;;. The van der Waals surface area contributed by atoms with Crippen LogP contribution < -0.4 is 0 Å². The molecule has 0 nitrogen and oxygen atoms in total. The molecule has 2 aromatic rings. The Morgan fingerprint density at radius 2 is 1.46 bits per heavy atom. The predicted molar refractivity (Wildman–Crippen MR) is 60.4 cm³/mol. The van der Waals surface area contributed by atoms with Gasteiger partial charge in [-0.3, -0.25) is 0 Å². The van der Waals surface area contributed by atoms with Crippen LogP contribution in [0.15, 0.2) is 54.5 Å². The van der Waals surface area contributed by atoms with E-state index in [0.717, 1.165) is 0 Å². The molecule has 2 rings (SSSR count). The summed E-state index contributed by atoms with van der Waals surface area (Å²) in [6.45, 7) is 2.12. The van der Waals surface area contributed by atoms with Gasteiger partial charge in [0.05, 0.1) is 0 Å². The van der Waals surface area contributed by atoms with E-state index >= 15 is 0 Å². The van der Waals surface area contributed by atoms with Gasteiger partial charge in [-0.2, -0.15) is 0 Å². The fraction of sp³-hybridized carbons (Fsp3) is 0. The maximum atomic E-state index is 2.12. The molecule has 0 aliphatic heterocycles. The fourth-order valence-electron chi connectivity index (χ4n) is 1.26. The summed E-state index contributed by atoms with van der Waals surface area (Å²) < 4.78 is 0. The molecule has 0 spiro atoms. The Morgan fingerprint density at radius 3 is 2.08 bits per heavy atom. The monoisotopic (exact) mass is 160 g/mol. The maximum absolute atomic E-state index is 2.12. The molecule has 1 heterocycles. The molecular weight excluding hydrogens is 150 g/mol. The summed E-state index contributed by atoms with van der Waals surface area (Å²) in [5.74, 6) is 2.06. The molecule has 0 fully saturated rings. The van der Waals surface area contributed by atoms with E-state index in [9.17, 15) is 0 Å². The molecule has 1 aromatic heterocycles. The predicted octanol–water partition coefficient (Wildman–Crippen LogP) is 2.04. The van der Waals surface area contributed by atoms with Crippen molar-refractivity contribution in [3.63, 3.8) is 0 Å². The van der Waals surface area contributed by atoms with Crippen molar-refractivity contribution in [2.24, 2.45) is 0 Å². The Labute approximate surface area is 91.4 Å². The molecule has 13 heavy (non-hydrogen) atoms. The molecule has 0 amide bonds. The van der Waals surface area contributed by atoms with Gasteiger partial charge in [-0.15, -0.1) is 0 Å². The fourth-order valence-corrected chi connectivity index (χ4v) is 1.26. The topological polar surface area (TPSA) is 0 Å². The first-order valence-electron chi connectivity index (χ1n) is 4.07. The van der Waals surface area contributed by atoms with Crippen molar-refractivity contribution in [3.05, 3.63) is 54.5 Å². The number of rotatable bonds is 1. The molecule has 0 unspecified atom stereocenters. The zero-order valence-electron chi connectivity index (χ0n) is 6.77. The van der Waals surface area contributed by atoms with Gasteiger partial charge in [0.15, 0.2) is 0 Å². The van der Waals surface area contributed by atoms with Crippen LogP contribution in [0.1, 0.15) is 0 Å². The van der Waals surface area contributed by atoms with Gasteiger partial charge in [0.1, 0.15) is 0 Å². The van der Waals surface area contributed by atoms with Gasteiger partial charge < -0.3 is 0 Å². The molecule has 0 radical (unpaired) electrons. The van der Waals surface area contributed by atoms with E-state index in [-0.39, 0.29) is 18.9 Å². The Bertz CT molecular complexity index is 307. The number of benzene rings is 1. The first kappa shape index (κ1) is 10.3. The summed E-state index contributed by atoms with van der Waals surface area (Å²) in [5.41, 5.74) is 2.55. The number of hydrogen-bond acceptors (Lipinski definition) is 0. The molecule has 2 heteroatoms. The van der Waals surface area contributed by atoms with E-state index in [1.54, 1.807) is 0 Å². The molecule has 0 N–H and O–H groups in total. The number of hydrogen-bond donors (Lipinski definition) is 0. The van der Waals surface area contributed by atoms with Crippen molar-refractivity contribution in [2.45, 2.75) is 0 Å². The van der Waals surface area contributed by atoms with Crippen LogP contribution in [0.2, 0.25) is 0 Å². The van der Waals surface area contributed by atoms with Crippen molar-refractivity contribution in [1.29, 1.82) is 0 Å². The average Bonchev–Trinajstić information content (AvgIpc) is 2.21. The Balaban J connectivity index is 0.000000845. The summed E-state index contributed by atoms with van der Waals surface area (Å²) in [6.07, 6.45) is 0. The van der Waals surface area contributed by atoms with Crippen LogP contribution in [-0.4, -0.2) is 25.8 Å². The van der Waals surface area contributed by atoms with Crippen molar-refractivity contribution in [3.8, 4) is 11.0 Å². The molecule has 1 aromatic carbocycles. The Hall–Kier alpha value is -0.768. The van der Waals surface area contributed by atoms with Gasteiger partial charge in [-0.25, -0.2) is 0 Å². The Morgan fingerprint density at radius 1 is 0.769 bits per heavy atom. The van der Waals surface area contributed by atoms with Crippen molar-refractivity contribution < 1.29 is 0 Å². The SMILES string of the molecule is [LiH].b1ccccc1-c1ccccc1. The van der Waals surface area contributed by atoms with Gasteiger partial charge >= 0.3 is 91.3 Å². The second kappa shape index (κ2) is 5.07. The van der Waals surface area contributed by atoms with Crippen LogP contribution in [-0.2, 0) is 0 Å². The van der Waals surface area contributed by atoms with E-state index in [1.165, 1.54) is 11.0 Å². The zero-order chi connectivity index (χ0) is 8.23. The zero-order valence-corrected chi connectivity index (χ0v) is 6.77. The van der Waals surface area contributed by atoms with E-state index < -0.39 is 0 Å². The van der Waals surface area contributed by atoms with E-state index in [1.807, 2.05) is 12.1 Å². The van der Waals surface area contributed by atoms with E-state index in [2.05, 4.69) is 49.3 Å². The van der Waals surface area contributed by atoms with Crippen molar-refractivity contribution >= 4 is 25.8 Å². The second-order valence-electron chi connectivity index (χ2n) is 2.73. The minimum absolute atomic E-state index is 0. The summed E-state index contributed by atoms with van der Waals surface area (Å²) >= 11 is 0. The van der Waals surface area contributed by atoms with Gasteiger partial charge in [0.25, 0.3) is 0 Å². The summed E-state index contributed by atoms with van der Waals surface area (Å²) in [5, 5.41) is 0. The normalized spacial score (nSPS) is 8.62. The summed E-state index contributed by atoms with van der Waals surface area (Å²) in [6, 6.07) is 16.6. The average molecular weight is 160 g/mol. The molecule has 0 saturated carbocycles. The van der Waals surface area contributed by atoms with Gasteiger partial charge in [-0.1, -0.05) is 0 Å². The third kappa shape index (κ3) is 2.59. The Kier molecular flexibility index (Phi) is 4.02. The summed E-state index contributed by atoms with van der Waals surface area (Å²) in [4.78, 5) is 0. The first-order chi connectivity index (χ1) is 5.97. The second-order valence-corrected chi connectivity index (χ2v) is 2.73. The first-order valence-corrected chi connectivity index (χ1v) is 4.07. The molecule has 0 bridgehead atoms. The molecule has 0 atom stereocenters. The minimum atomic E-state index is 0. The van der Waals surface area contributed by atoms with Gasteiger partial charge in [0, 0.05) is 0 Å². The van der Waals surface area contributed by atoms with E-state index in [4.69, 9.17) is 0 Å². The third-order valence-electron chi connectivity index (χ3n) is 1.88. The van der Waals surface area contributed by atoms with Crippen LogP contribution in [0, 0.1) is 0 Å². The third-order valence-corrected chi connectivity index (χ3v) is 1.88. The summed E-state index contributed by atoms with van der Waals surface area (Å²) in [7, 11) is 0. The quantitative estimate of drug-likeness (QED) is 0.560. The van der Waals surface area contributed by atoms with Gasteiger partial charge in [-0.05, 0) is 0 Å². The molecular formula is C11H10BLi. The van der Waals surface area contributed by atoms with Crippen LogP contribution >= 0.6 is 0 Å². The van der Waals surface area contributed by atoms with Crippen molar-refractivity contribution in [2.75, 3.05) is 0 Å². The molecule has 0 saturated heterocycles. The molecule has 58 valence electrons. The molecule has 0 aliphatic rings.